The molecule has 6 heterocycles. The minimum absolute atomic E-state index is 0.0723. The van der Waals surface area contributed by atoms with Gasteiger partial charge in [0.25, 0.3) is 11.8 Å². The molecule has 0 aliphatic carbocycles. The van der Waals surface area contributed by atoms with Gasteiger partial charge in [0.15, 0.2) is 0 Å². The smallest absolute Gasteiger partial charge is 0.261 e. The zero-order valence-corrected chi connectivity index (χ0v) is 38.0. The molecule has 0 saturated carbocycles. The molecule has 0 fully saturated rings. The van der Waals surface area contributed by atoms with E-state index in [1.807, 2.05) is 34.1 Å². The van der Waals surface area contributed by atoms with Gasteiger partial charge in [0.2, 0.25) is 0 Å². The Balaban J connectivity index is 1.24. The second-order valence-electron chi connectivity index (χ2n) is 15.9. The fraction of sp³-hybridized carbons (Fsp3) is 0.320. The third kappa shape index (κ3) is 8.44. The SMILES string of the molecule is CCCCC(CC)CN1C(=O)C2=C(c3ccc(-c4ccc(-c5cccc(O)c5)s4)s3)N(CC(CC)CCCC)C(=O)C2=C1c1ccc(-c2ccc(-c3cccc(O)c3)s2)s1. The molecule has 6 aromatic rings. The summed E-state index contributed by atoms with van der Waals surface area (Å²) in [5, 5.41) is 20.3. The highest BCUT2D eigenvalue weighted by molar-refractivity contribution is 7.25. The van der Waals surface area contributed by atoms with Crippen LogP contribution in [0.3, 0.4) is 0 Å². The Bertz CT molecular complexity index is 2390. The topological polar surface area (TPSA) is 81.1 Å². The second-order valence-corrected chi connectivity index (χ2v) is 20.2. The highest BCUT2D eigenvalue weighted by Gasteiger charge is 2.50. The van der Waals surface area contributed by atoms with Crippen LogP contribution in [0, 0.1) is 11.8 Å². The molecule has 2 aliphatic rings. The van der Waals surface area contributed by atoms with Crippen LogP contribution in [-0.2, 0) is 9.59 Å². The van der Waals surface area contributed by atoms with Crippen molar-refractivity contribution in [2.45, 2.75) is 79.1 Å². The number of benzene rings is 2. The summed E-state index contributed by atoms with van der Waals surface area (Å²) in [5.41, 5.74) is 4.53. The Labute approximate surface area is 369 Å². The highest BCUT2D eigenvalue weighted by Crippen LogP contribution is 2.51. The van der Waals surface area contributed by atoms with Crippen molar-refractivity contribution in [1.29, 1.82) is 0 Å². The van der Waals surface area contributed by atoms with Crippen molar-refractivity contribution in [2.24, 2.45) is 11.8 Å². The van der Waals surface area contributed by atoms with Gasteiger partial charge in [-0.25, -0.2) is 0 Å². The average molecular weight is 873 g/mol. The van der Waals surface area contributed by atoms with E-state index in [1.165, 1.54) is 0 Å². The van der Waals surface area contributed by atoms with Crippen LogP contribution in [0.25, 0.3) is 51.8 Å². The monoisotopic (exact) mass is 872 g/mol. The van der Waals surface area contributed by atoms with Gasteiger partial charge in [-0.05, 0) is 109 Å². The number of phenols is 2. The Morgan fingerprint density at radius 1 is 0.483 bits per heavy atom. The van der Waals surface area contributed by atoms with Gasteiger partial charge in [-0.3, -0.25) is 9.59 Å². The van der Waals surface area contributed by atoms with E-state index in [2.05, 4.69) is 76.2 Å². The lowest BCUT2D eigenvalue weighted by molar-refractivity contribution is -0.124. The van der Waals surface area contributed by atoms with Crippen LogP contribution in [0.15, 0.2) is 108 Å². The number of hydrogen-bond donors (Lipinski definition) is 2. The van der Waals surface area contributed by atoms with E-state index in [4.69, 9.17) is 0 Å². The standard InChI is InChI=1S/C50H52N2O4S4/c1-5-9-13-31(7-3)29-51-47(43-25-23-41(59-43)39-21-19-37(57-39)33-15-11-17-35(53)27-33)45-46(49(51)55)48(52(50(45)56)30-32(8-4)14-10-6-2)44-26-24-42(60-44)40-22-20-38(58-40)34-16-12-18-36(54)28-34/h11-12,15-28,31-32,53-54H,5-10,13-14,29-30H2,1-4H3. The van der Waals surface area contributed by atoms with Crippen LogP contribution in [0.2, 0.25) is 0 Å². The molecule has 2 amide bonds. The van der Waals surface area contributed by atoms with E-state index in [9.17, 15) is 10.2 Å². The van der Waals surface area contributed by atoms with Gasteiger partial charge in [-0.2, -0.15) is 0 Å². The largest absolute Gasteiger partial charge is 0.508 e. The Morgan fingerprint density at radius 2 is 0.833 bits per heavy atom. The number of phenolic OH excluding ortho intramolecular Hbond substituents is 2. The van der Waals surface area contributed by atoms with Gasteiger partial charge < -0.3 is 20.0 Å². The molecule has 2 aliphatic heterocycles. The minimum atomic E-state index is -0.0723. The van der Waals surface area contributed by atoms with Gasteiger partial charge in [0.05, 0.1) is 32.3 Å². The fourth-order valence-corrected chi connectivity index (χ4v) is 12.7. The van der Waals surface area contributed by atoms with Crippen molar-refractivity contribution in [2.75, 3.05) is 13.1 Å². The Morgan fingerprint density at radius 3 is 1.18 bits per heavy atom. The van der Waals surface area contributed by atoms with Crippen molar-refractivity contribution >= 4 is 68.6 Å². The number of carbonyl (C=O) groups excluding carboxylic acids is 2. The summed E-state index contributed by atoms with van der Waals surface area (Å²) in [7, 11) is 0. The summed E-state index contributed by atoms with van der Waals surface area (Å²) in [6.07, 6.45) is 8.36. The maximum absolute atomic E-state index is 15.2. The number of hydrogen-bond acceptors (Lipinski definition) is 8. The van der Waals surface area contributed by atoms with Crippen molar-refractivity contribution in [3.05, 3.63) is 118 Å². The number of amides is 2. The number of aromatic hydroxyl groups is 2. The molecule has 0 bridgehead atoms. The molecule has 6 nitrogen and oxygen atoms in total. The number of fused-ring (bicyclic) bond motifs is 1. The molecule has 2 N–H and O–H groups in total. The van der Waals surface area contributed by atoms with Crippen molar-refractivity contribution in [1.82, 2.24) is 9.80 Å². The molecule has 8 rings (SSSR count). The predicted octanol–water partition coefficient (Wildman–Crippen LogP) is 14.3. The molecule has 0 radical (unpaired) electrons. The lowest BCUT2D eigenvalue weighted by atomic mass is 9.98. The van der Waals surface area contributed by atoms with E-state index in [1.54, 1.807) is 69.6 Å². The quantitative estimate of drug-likeness (QED) is 0.0901. The van der Waals surface area contributed by atoms with E-state index >= 15 is 9.59 Å². The number of unbranched alkanes of at least 4 members (excludes halogenated alkanes) is 2. The maximum Gasteiger partial charge on any atom is 0.261 e. The second kappa shape index (κ2) is 18.5. The van der Waals surface area contributed by atoms with Gasteiger partial charge in [0.1, 0.15) is 11.5 Å². The first-order chi connectivity index (χ1) is 29.2. The lowest BCUT2D eigenvalue weighted by Gasteiger charge is -2.29. The van der Waals surface area contributed by atoms with Crippen molar-refractivity contribution in [3.8, 4) is 51.9 Å². The van der Waals surface area contributed by atoms with Crippen LogP contribution >= 0.6 is 45.3 Å². The number of thiophene rings is 4. The molecule has 2 aromatic carbocycles. The summed E-state index contributed by atoms with van der Waals surface area (Å²) in [4.78, 5) is 42.8. The molecule has 2 unspecified atom stereocenters. The van der Waals surface area contributed by atoms with Gasteiger partial charge in [-0.15, -0.1) is 45.3 Å². The third-order valence-electron chi connectivity index (χ3n) is 11.8. The number of carbonyl (C=O) groups is 2. The van der Waals surface area contributed by atoms with E-state index in [0.717, 1.165) is 113 Å². The van der Waals surface area contributed by atoms with Gasteiger partial charge in [-0.1, -0.05) is 90.5 Å². The van der Waals surface area contributed by atoms with Crippen LogP contribution in [0.1, 0.15) is 88.8 Å². The Hall–Kier alpha value is -4.74. The molecule has 4 aromatic heterocycles. The molecule has 60 heavy (non-hydrogen) atoms. The number of rotatable bonds is 18. The zero-order valence-electron chi connectivity index (χ0n) is 34.7. The van der Waals surface area contributed by atoms with Crippen LogP contribution in [0.4, 0.5) is 0 Å². The van der Waals surface area contributed by atoms with Crippen LogP contribution in [0.5, 0.6) is 11.5 Å². The summed E-state index contributed by atoms with van der Waals surface area (Å²) in [5.74, 6) is 0.957. The van der Waals surface area contributed by atoms with E-state index in [-0.39, 0.29) is 23.3 Å². The summed E-state index contributed by atoms with van der Waals surface area (Å²) >= 11 is 6.62. The van der Waals surface area contributed by atoms with E-state index < -0.39 is 0 Å². The van der Waals surface area contributed by atoms with Gasteiger partial charge >= 0.3 is 0 Å². The van der Waals surface area contributed by atoms with Crippen molar-refractivity contribution < 1.29 is 19.8 Å². The minimum Gasteiger partial charge on any atom is -0.508 e. The fourth-order valence-electron chi connectivity index (χ4n) is 8.37. The van der Waals surface area contributed by atoms with Crippen LogP contribution in [-0.4, -0.2) is 44.9 Å². The van der Waals surface area contributed by atoms with Crippen molar-refractivity contribution in [3.63, 3.8) is 0 Å². The normalized spacial score (nSPS) is 15.2. The first kappa shape index (κ1) is 42.0. The van der Waals surface area contributed by atoms with Gasteiger partial charge in [0, 0.05) is 42.4 Å². The lowest BCUT2D eigenvalue weighted by Crippen LogP contribution is -2.34. The van der Waals surface area contributed by atoms with E-state index in [0.29, 0.717) is 36.1 Å². The number of nitrogens with zero attached hydrogens (tertiary/aromatic N) is 2. The first-order valence-corrected chi connectivity index (χ1v) is 24.6. The molecule has 0 spiro atoms. The molecule has 0 saturated heterocycles. The molecule has 310 valence electrons. The summed E-state index contributed by atoms with van der Waals surface area (Å²) in [6.45, 7) is 9.98. The Kier molecular flexibility index (Phi) is 12.9. The van der Waals surface area contributed by atoms with Crippen LogP contribution < -0.4 is 0 Å². The predicted molar refractivity (Wildman–Crippen MR) is 253 cm³/mol. The molecular weight excluding hydrogens is 821 g/mol. The third-order valence-corrected chi connectivity index (χ3v) is 16.6. The molecular formula is C50H52N2O4S4. The highest BCUT2D eigenvalue weighted by atomic mass is 32.1. The first-order valence-electron chi connectivity index (χ1n) is 21.3. The zero-order chi connectivity index (χ0) is 41.9. The average Bonchev–Trinajstić information content (AvgIpc) is 4.12. The summed E-state index contributed by atoms with van der Waals surface area (Å²) < 4.78 is 0. The molecule has 10 heteroatoms. The molecule has 2 atom stereocenters. The summed E-state index contributed by atoms with van der Waals surface area (Å²) in [6, 6.07) is 31.5. The maximum atomic E-state index is 15.2.